The highest BCUT2D eigenvalue weighted by atomic mass is 32.2. The van der Waals surface area contributed by atoms with Gasteiger partial charge in [-0.1, -0.05) is 0 Å². The monoisotopic (exact) mass is 287 g/mol. The molecule has 2 rings (SSSR count). The minimum Gasteiger partial charge on any atom is -0.447 e. The van der Waals surface area contributed by atoms with Crippen molar-refractivity contribution < 1.29 is 12.8 Å². The molecule has 2 heterocycles. The van der Waals surface area contributed by atoms with Crippen molar-refractivity contribution in [3.05, 3.63) is 17.9 Å². The second kappa shape index (κ2) is 6.04. The van der Waals surface area contributed by atoms with Crippen LogP contribution in [0.3, 0.4) is 0 Å². The lowest BCUT2D eigenvalue weighted by atomic mass is 9.97. The number of sulfonamides is 1. The van der Waals surface area contributed by atoms with Crippen LogP contribution in [0, 0.1) is 5.92 Å². The normalized spacial score (nSPS) is 18.8. The molecular formula is C12H21N3O3S. The SMILES string of the molecule is CN1CCC(CNCc2ccc(S(N)(=O)=O)o2)CC1. The van der Waals surface area contributed by atoms with Gasteiger partial charge in [0.15, 0.2) is 0 Å². The van der Waals surface area contributed by atoms with Crippen LogP contribution in [0.4, 0.5) is 0 Å². The molecule has 0 saturated carbocycles. The topological polar surface area (TPSA) is 88.6 Å². The molecule has 0 aliphatic carbocycles. The minimum absolute atomic E-state index is 0.177. The number of hydrogen-bond donors (Lipinski definition) is 2. The summed E-state index contributed by atoms with van der Waals surface area (Å²) in [5.74, 6) is 1.28. The molecule has 0 spiro atoms. The van der Waals surface area contributed by atoms with Gasteiger partial charge in [-0.25, -0.2) is 13.6 Å². The van der Waals surface area contributed by atoms with E-state index in [1.807, 2.05) is 0 Å². The highest BCUT2D eigenvalue weighted by molar-refractivity contribution is 7.89. The lowest BCUT2D eigenvalue weighted by Gasteiger charge is -2.28. The van der Waals surface area contributed by atoms with Gasteiger partial charge < -0.3 is 14.6 Å². The molecule has 19 heavy (non-hydrogen) atoms. The Labute approximate surface area is 114 Å². The third kappa shape index (κ3) is 4.31. The number of piperidine rings is 1. The average molecular weight is 287 g/mol. The third-order valence-corrected chi connectivity index (χ3v) is 4.27. The summed E-state index contributed by atoms with van der Waals surface area (Å²) in [5.41, 5.74) is 0. The summed E-state index contributed by atoms with van der Waals surface area (Å²) < 4.78 is 27.3. The predicted molar refractivity (Wildman–Crippen MR) is 72.0 cm³/mol. The first-order chi connectivity index (χ1) is 8.95. The Kier molecular flexibility index (Phi) is 4.62. The van der Waals surface area contributed by atoms with Crippen LogP contribution in [0.1, 0.15) is 18.6 Å². The fraction of sp³-hybridized carbons (Fsp3) is 0.667. The van der Waals surface area contributed by atoms with Gasteiger partial charge in [0.1, 0.15) is 5.76 Å². The Bertz CT molecular complexity index is 504. The summed E-state index contributed by atoms with van der Waals surface area (Å²) in [4.78, 5) is 2.33. The van der Waals surface area contributed by atoms with E-state index in [4.69, 9.17) is 9.56 Å². The summed E-state index contributed by atoms with van der Waals surface area (Å²) in [7, 11) is -1.59. The standard InChI is InChI=1S/C12H21N3O3S/c1-15-6-4-10(5-7-15)8-14-9-11-2-3-12(18-11)19(13,16)17/h2-3,10,14H,4-9H2,1H3,(H2,13,16,17). The Balaban J connectivity index is 1.75. The fourth-order valence-corrected chi connectivity index (χ4v) is 2.75. The van der Waals surface area contributed by atoms with E-state index in [2.05, 4.69) is 17.3 Å². The molecule has 1 fully saturated rings. The maximum absolute atomic E-state index is 11.1. The number of nitrogens with zero attached hydrogens (tertiary/aromatic N) is 1. The zero-order valence-electron chi connectivity index (χ0n) is 11.1. The van der Waals surface area contributed by atoms with E-state index < -0.39 is 10.0 Å². The number of rotatable bonds is 5. The van der Waals surface area contributed by atoms with Crippen LogP contribution in [0.25, 0.3) is 0 Å². The van der Waals surface area contributed by atoms with Crippen LogP contribution in [0.2, 0.25) is 0 Å². The van der Waals surface area contributed by atoms with E-state index in [0.29, 0.717) is 18.2 Å². The second-order valence-corrected chi connectivity index (χ2v) is 6.64. The van der Waals surface area contributed by atoms with Crippen molar-refractivity contribution in [1.82, 2.24) is 10.2 Å². The van der Waals surface area contributed by atoms with E-state index in [0.717, 1.165) is 19.6 Å². The van der Waals surface area contributed by atoms with Crippen LogP contribution < -0.4 is 10.5 Å². The van der Waals surface area contributed by atoms with E-state index >= 15 is 0 Å². The lowest BCUT2D eigenvalue weighted by molar-refractivity contribution is 0.215. The number of furan rings is 1. The van der Waals surface area contributed by atoms with Crippen molar-refractivity contribution in [2.75, 3.05) is 26.7 Å². The molecule has 6 nitrogen and oxygen atoms in total. The molecule has 0 amide bonds. The third-order valence-electron chi connectivity index (χ3n) is 3.49. The maximum Gasteiger partial charge on any atom is 0.271 e. The summed E-state index contributed by atoms with van der Waals surface area (Å²) in [6, 6.07) is 3.03. The summed E-state index contributed by atoms with van der Waals surface area (Å²) in [5, 5.41) is 8.11. The Hall–Kier alpha value is -0.890. The smallest absolute Gasteiger partial charge is 0.271 e. The van der Waals surface area contributed by atoms with Gasteiger partial charge in [-0.05, 0) is 57.6 Å². The molecule has 0 radical (unpaired) electrons. The number of primary sulfonamides is 1. The van der Waals surface area contributed by atoms with Gasteiger partial charge in [0.25, 0.3) is 10.0 Å². The molecule has 1 aliphatic heterocycles. The molecule has 1 aromatic rings. The largest absolute Gasteiger partial charge is 0.447 e. The fourth-order valence-electron chi connectivity index (χ4n) is 2.27. The summed E-state index contributed by atoms with van der Waals surface area (Å²) >= 11 is 0. The summed E-state index contributed by atoms with van der Waals surface area (Å²) in [6.07, 6.45) is 2.40. The molecule has 1 aromatic heterocycles. The molecule has 7 heteroatoms. The molecule has 0 aromatic carbocycles. The van der Waals surface area contributed by atoms with Crippen molar-refractivity contribution in [3.8, 4) is 0 Å². The van der Waals surface area contributed by atoms with Gasteiger partial charge in [0, 0.05) is 0 Å². The average Bonchev–Trinajstić information content (AvgIpc) is 2.80. The van der Waals surface area contributed by atoms with Gasteiger partial charge in [-0.15, -0.1) is 0 Å². The number of nitrogens with one attached hydrogen (secondary N) is 1. The van der Waals surface area contributed by atoms with Crippen molar-refractivity contribution >= 4 is 10.0 Å². The molecule has 1 aliphatic rings. The molecule has 108 valence electrons. The minimum atomic E-state index is -3.73. The first-order valence-electron chi connectivity index (χ1n) is 6.46. The predicted octanol–water partition coefficient (Wildman–Crippen LogP) is 0.358. The first kappa shape index (κ1) is 14.5. The van der Waals surface area contributed by atoms with Crippen LogP contribution in [-0.2, 0) is 16.6 Å². The molecule has 0 bridgehead atoms. The quantitative estimate of drug-likeness (QED) is 0.816. The highest BCUT2D eigenvalue weighted by Crippen LogP contribution is 2.15. The van der Waals surface area contributed by atoms with Crippen LogP contribution in [0.5, 0.6) is 0 Å². The van der Waals surface area contributed by atoms with Crippen LogP contribution in [-0.4, -0.2) is 40.0 Å². The second-order valence-electron chi connectivity index (χ2n) is 5.14. The van der Waals surface area contributed by atoms with E-state index in [1.165, 1.54) is 18.9 Å². The maximum atomic E-state index is 11.1. The number of nitrogens with two attached hydrogens (primary N) is 1. The van der Waals surface area contributed by atoms with Crippen molar-refractivity contribution in [2.45, 2.75) is 24.5 Å². The molecule has 1 saturated heterocycles. The molecule has 0 unspecified atom stereocenters. The lowest BCUT2D eigenvalue weighted by Crippen LogP contribution is -2.34. The number of likely N-dealkylation sites (tertiary alicyclic amines) is 1. The first-order valence-corrected chi connectivity index (χ1v) is 8.00. The highest BCUT2D eigenvalue weighted by Gasteiger charge is 2.17. The van der Waals surface area contributed by atoms with Gasteiger partial charge in [-0.2, -0.15) is 0 Å². The van der Waals surface area contributed by atoms with E-state index in [1.54, 1.807) is 6.07 Å². The van der Waals surface area contributed by atoms with Crippen molar-refractivity contribution in [1.29, 1.82) is 0 Å². The van der Waals surface area contributed by atoms with Crippen molar-refractivity contribution in [3.63, 3.8) is 0 Å². The van der Waals surface area contributed by atoms with E-state index in [9.17, 15) is 8.42 Å². The summed E-state index contributed by atoms with van der Waals surface area (Å²) in [6.45, 7) is 3.74. The van der Waals surface area contributed by atoms with Gasteiger partial charge in [0.05, 0.1) is 6.54 Å². The van der Waals surface area contributed by atoms with Crippen LogP contribution in [0.15, 0.2) is 21.6 Å². The zero-order valence-corrected chi connectivity index (χ0v) is 11.9. The molecule has 3 N–H and O–H groups in total. The Morgan fingerprint density at radius 3 is 2.68 bits per heavy atom. The van der Waals surface area contributed by atoms with Gasteiger partial charge in [-0.3, -0.25) is 0 Å². The van der Waals surface area contributed by atoms with Crippen molar-refractivity contribution in [2.24, 2.45) is 11.1 Å². The van der Waals surface area contributed by atoms with Gasteiger partial charge >= 0.3 is 0 Å². The number of hydrogen-bond acceptors (Lipinski definition) is 5. The Morgan fingerprint density at radius 1 is 1.42 bits per heavy atom. The molecular weight excluding hydrogens is 266 g/mol. The van der Waals surface area contributed by atoms with Gasteiger partial charge in [0.2, 0.25) is 5.09 Å². The van der Waals surface area contributed by atoms with E-state index in [-0.39, 0.29) is 5.09 Å². The van der Waals surface area contributed by atoms with Crippen LogP contribution >= 0.6 is 0 Å². The Morgan fingerprint density at radius 2 is 2.11 bits per heavy atom. The molecule has 0 atom stereocenters. The zero-order chi connectivity index (χ0) is 13.9.